The van der Waals surface area contributed by atoms with E-state index in [0.29, 0.717) is 48.4 Å². The van der Waals surface area contributed by atoms with Crippen LogP contribution in [0, 0.1) is 10.1 Å². The third kappa shape index (κ3) is 5.00. The zero-order valence-electron chi connectivity index (χ0n) is 17.1. The average Bonchev–Trinajstić information content (AvgIpc) is 2.75. The van der Waals surface area contributed by atoms with Gasteiger partial charge in [0, 0.05) is 43.2 Å². The maximum Gasteiger partial charge on any atom is 0.353 e. The van der Waals surface area contributed by atoms with Crippen LogP contribution in [0.2, 0.25) is 5.02 Å². The lowest BCUT2D eigenvalue weighted by atomic mass is 9.90. The number of piperidine rings is 1. The largest absolute Gasteiger partial charge is 0.367 e. The Morgan fingerprint density at radius 1 is 1.35 bits per heavy atom. The number of carbonyl (C=O) groups is 1. The van der Waals surface area contributed by atoms with Gasteiger partial charge in [-0.25, -0.2) is 0 Å². The number of benzene rings is 1. The molecular weight excluding hydrogens is 444 g/mol. The lowest BCUT2D eigenvalue weighted by Crippen LogP contribution is -2.54. The molecule has 3 rings (SSSR count). The van der Waals surface area contributed by atoms with Gasteiger partial charge < -0.3 is 20.7 Å². The third-order valence-corrected chi connectivity index (χ3v) is 5.86. The summed E-state index contributed by atoms with van der Waals surface area (Å²) in [5.74, 6) is -0.255. The Hall–Kier alpha value is -2.63. The minimum atomic E-state index is -1.07. The number of aromatic nitrogens is 2. The van der Waals surface area contributed by atoms with E-state index in [1.165, 1.54) is 11.8 Å². The van der Waals surface area contributed by atoms with Crippen LogP contribution in [0.3, 0.4) is 0 Å². The quantitative estimate of drug-likeness (QED) is 0.259. The summed E-state index contributed by atoms with van der Waals surface area (Å²) in [4.78, 5) is 34.0. The van der Waals surface area contributed by atoms with Gasteiger partial charge >= 0.3 is 5.69 Å². The van der Waals surface area contributed by atoms with Crippen molar-refractivity contribution in [2.75, 3.05) is 36.2 Å². The summed E-state index contributed by atoms with van der Waals surface area (Å²) >= 11 is 7.20. The van der Waals surface area contributed by atoms with Gasteiger partial charge in [-0.2, -0.15) is 9.97 Å². The van der Waals surface area contributed by atoms with Crippen molar-refractivity contribution in [1.29, 1.82) is 0 Å². The summed E-state index contributed by atoms with van der Waals surface area (Å²) in [6.07, 6.45) is 2.41. The van der Waals surface area contributed by atoms with Crippen LogP contribution in [0.4, 0.5) is 23.0 Å². The van der Waals surface area contributed by atoms with Crippen molar-refractivity contribution in [1.82, 2.24) is 9.97 Å². The highest BCUT2D eigenvalue weighted by molar-refractivity contribution is 7.98. The number of nitrogens with zero attached hydrogens (tertiary/aromatic N) is 4. The molecule has 0 spiro atoms. The second kappa shape index (κ2) is 9.67. The minimum absolute atomic E-state index is 0.0817. The number of anilines is 3. The molecule has 0 aliphatic carbocycles. The van der Waals surface area contributed by atoms with Crippen molar-refractivity contribution in [3.63, 3.8) is 0 Å². The third-order valence-electron chi connectivity index (χ3n) is 5.06. The monoisotopic (exact) mass is 466 g/mol. The van der Waals surface area contributed by atoms with Crippen molar-refractivity contribution < 1.29 is 14.5 Å². The zero-order chi connectivity index (χ0) is 22.6. The Morgan fingerprint density at radius 2 is 2.00 bits per heavy atom. The standard InChI is InChI=1S/C19H23ClN6O4S/c1-3-30-19(17(21)27)8-10-25(11-9-19)16-14(26(28)29)15(23-18(24-16)31-2)22-13-6-4-12(20)5-7-13/h4-7H,3,8-11H2,1-2H3,(H2,21,27)(H,22,23,24). The molecule has 166 valence electrons. The van der Waals surface area contributed by atoms with Gasteiger partial charge in [0.1, 0.15) is 5.60 Å². The molecule has 1 aliphatic heterocycles. The SMILES string of the molecule is CCOC1(C(N)=O)CCN(c2nc(SC)nc(Nc3ccc(Cl)cc3)c2[N+](=O)[O-])CC1. The highest BCUT2D eigenvalue weighted by Gasteiger charge is 2.42. The predicted molar refractivity (Wildman–Crippen MR) is 120 cm³/mol. The summed E-state index contributed by atoms with van der Waals surface area (Å²) < 4.78 is 5.66. The van der Waals surface area contributed by atoms with Crippen molar-refractivity contribution in [3.05, 3.63) is 39.4 Å². The van der Waals surface area contributed by atoms with Gasteiger partial charge in [0.15, 0.2) is 5.16 Å². The van der Waals surface area contributed by atoms with Crippen LogP contribution in [0.15, 0.2) is 29.4 Å². The fourth-order valence-corrected chi connectivity index (χ4v) is 3.96. The number of hydrogen-bond donors (Lipinski definition) is 2. The molecule has 1 fully saturated rings. The molecule has 0 saturated carbocycles. The Morgan fingerprint density at radius 3 is 2.52 bits per heavy atom. The van der Waals surface area contributed by atoms with Crippen LogP contribution in [0.5, 0.6) is 0 Å². The van der Waals surface area contributed by atoms with E-state index in [4.69, 9.17) is 22.1 Å². The van der Waals surface area contributed by atoms with Crippen molar-refractivity contribution in [2.24, 2.45) is 5.73 Å². The number of rotatable bonds is 8. The van der Waals surface area contributed by atoms with E-state index in [1.54, 1.807) is 42.3 Å². The molecule has 1 saturated heterocycles. The summed E-state index contributed by atoms with van der Waals surface area (Å²) in [6, 6.07) is 6.76. The first-order chi connectivity index (χ1) is 14.8. The van der Waals surface area contributed by atoms with E-state index < -0.39 is 16.4 Å². The number of ether oxygens (including phenoxy) is 1. The summed E-state index contributed by atoms with van der Waals surface area (Å²) in [5, 5.41) is 15.9. The molecule has 1 aromatic carbocycles. The number of hydrogen-bond acceptors (Lipinski definition) is 9. The Balaban J connectivity index is 1.97. The molecule has 10 nitrogen and oxygen atoms in total. The van der Waals surface area contributed by atoms with Gasteiger partial charge in [-0.15, -0.1) is 0 Å². The Labute approximate surface area is 188 Å². The maximum atomic E-state index is 12.0. The molecule has 31 heavy (non-hydrogen) atoms. The van der Waals surface area contributed by atoms with E-state index in [-0.39, 0.29) is 17.3 Å². The van der Waals surface area contributed by atoms with Crippen molar-refractivity contribution >= 4 is 52.3 Å². The minimum Gasteiger partial charge on any atom is -0.367 e. The van der Waals surface area contributed by atoms with Gasteiger partial charge in [0.2, 0.25) is 17.5 Å². The highest BCUT2D eigenvalue weighted by Crippen LogP contribution is 2.38. The van der Waals surface area contributed by atoms with Crippen LogP contribution in [0.1, 0.15) is 19.8 Å². The first-order valence-corrected chi connectivity index (χ1v) is 11.2. The number of thioether (sulfide) groups is 1. The molecule has 12 heteroatoms. The molecule has 0 bridgehead atoms. The summed E-state index contributed by atoms with van der Waals surface area (Å²) in [5.41, 5.74) is 4.87. The Kier molecular flexibility index (Phi) is 7.19. The Bertz CT molecular complexity index is 967. The molecule has 2 aromatic rings. The first kappa shape index (κ1) is 23.0. The molecule has 1 amide bonds. The molecule has 2 heterocycles. The number of halogens is 1. The lowest BCUT2D eigenvalue weighted by molar-refractivity contribution is -0.383. The number of amides is 1. The van der Waals surface area contributed by atoms with Crippen LogP contribution in [0.25, 0.3) is 0 Å². The van der Waals surface area contributed by atoms with E-state index in [9.17, 15) is 14.9 Å². The smallest absolute Gasteiger partial charge is 0.353 e. The topological polar surface area (TPSA) is 137 Å². The highest BCUT2D eigenvalue weighted by atomic mass is 35.5. The first-order valence-electron chi connectivity index (χ1n) is 9.61. The van der Waals surface area contributed by atoms with Gasteiger partial charge in [-0.3, -0.25) is 14.9 Å². The van der Waals surface area contributed by atoms with Crippen LogP contribution in [-0.2, 0) is 9.53 Å². The van der Waals surface area contributed by atoms with Crippen LogP contribution in [-0.4, -0.2) is 52.4 Å². The van der Waals surface area contributed by atoms with E-state index in [0.717, 1.165) is 0 Å². The maximum absolute atomic E-state index is 12.0. The summed E-state index contributed by atoms with van der Waals surface area (Å²) in [7, 11) is 0. The number of primary amides is 1. The van der Waals surface area contributed by atoms with Crippen molar-refractivity contribution in [3.8, 4) is 0 Å². The fraction of sp³-hybridized carbons (Fsp3) is 0.421. The van der Waals surface area contributed by atoms with Crippen LogP contribution >= 0.6 is 23.4 Å². The van der Waals surface area contributed by atoms with Crippen LogP contribution < -0.4 is 16.0 Å². The second-order valence-corrected chi connectivity index (χ2v) is 8.11. The number of nitrogens with one attached hydrogen (secondary N) is 1. The predicted octanol–water partition coefficient (Wildman–Crippen LogP) is 3.36. The zero-order valence-corrected chi connectivity index (χ0v) is 18.7. The molecular formula is C19H23ClN6O4S. The van der Waals surface area contributed by atoms with Gasteiger partial charge in [-0.05, 0) is 37.4 Å². The van der Waals surface area contributed by atoms with E-state index in [1.807, 2.05) is 0 Å². The lowest BCUT2D eigenvalue weighted by Gasteiger charge is -2.39. The van der Waals surface area contributed by atoms with Gasteiger partial charge in [-0.1, -0.05) is 23.4 Å². The molecule has 3 N–H and O–H groups in total. The van der Waals surface area contributed by atoms with Crippen molar-refractivity contribution in [2.45, 2.75) is 30.5 Å². The van der Waals surface area contributed by atoms with Gasteiger partial charge in [0.25, 0.3) is 0 Å². The number of nitro groups is 1. The van der Waals surface area contributed by atoms with E-state index >= 15 is 0 Å². The fourth-order valence-electron chi connectivity index (χ4n) is 3.48. The number of nitrogens with two attached hydrogens (primary N) is 1. The molecule has 0 atom stereocenters. The number of carbonyl (C=O) groups excluding carboxylic acids is 1. The molecule has 0 unspecified atom stereocenters. The second-order valence-electron chi connectivity index (χ2n) is 6.90. The van der Waals surface area contributed by atoms with E-state index in [2.05, 4.69) is 15.3 Å². The molecule has 1 aliphatic rings. The summed E-state index contributed by atoms with van der Waals surface area (Å²) in [6.45, 7) is 2.80. The normalized spacial score (nSPS) is 15.5. The average molecular weight is 467 g/mol. The molecule has 0 radical (unpaired) electrons. The molecule has 1 aromatic heterocycles. The van der Waals surface area contributed by atoms with Gasteiger partial charge in [0.05, 0.1) is 4.92 Å².